The Bertz CT molecular complexity index is 1260. The second-order valence-electron chi connectivity index (χ2n) is 7.82. The maximum Gasteiger partial charge on any atom is 0.341 e. The molecule has 0 radical (unpaired) electrons. The minimum atomic E-state index is -1.94. The van der Waals surface area contributed by atoms with Crippen molar-refractivity contribution in [2.75, 3.05) is 24.7 Å². The molecule has 0 fully saturated rings. The van der Waals surface area contributed by atoms with Gasteiger partial charge in [-0.1, -0.05) is 54.6 Å². The predicted octanol–water partition coefficient (Wildman–Crippen LogP) is 3.20. The Balaban J connectivity index is 2.16. The van der Waals surface area contributed by atoms with Crippen LogP contribution in [0.2, 0.25) is 0 Å². The van der Waals surface area contributed by atoms with Crippen molar-refractivity contribution < 1.29 is 28.6 Å². The van der Waals surface area contributed by atoms with Gasteiger partial charge in [0.05, 0.1) is 13.2 Å². The third-order valence-corrected chi connectivity index (χ3v) is 5.91. The molecular weight excluding hydrogens is 448 g/mol. The Morgan fingerprint density at radius 3 is 2.23 bits per heavy atom. The number of fused-ring (bicyclic) bond motifs is 2. The molecule has 1 amide bonds. The van der Waals surface area contributed by atoms with E-state index in [1.165, 1.54) is 4.90 Å². The lowest BCUT2D eigenvalue weighted by Gasteiger charge is -2.36. The zero-order chi connectivity index (χ0) is 25.2. The van der Waals surface area contributed by atoms with Crippen LogP contribution < -0.4 is 10.6 Å². The fourth-order valence-corrected chi connectivity index (χ4v) is 4.64. The second-order valence-corrected chi connectivity index (χ2v) is 7.82. The number of ether oxygens (including phenoxy) is 3. The standard InChI is InChI=1S/C27H26N2O6/c1-4-16-29-19-15-11-10-14-18(19)27(26(29)32)20(24(30)33-5-2)22(17-12-8-7-9-13-17)35-23(28)21(27)25(31)34-6-3/h4,7-15H,1,5-6,16,28H2,2-3H3/t27-/m0/s1. The van der Waals surface area contributed by atoms with Gasteiger partial charge in [-0.05, 0) is 19.9 Å². The van der Waals surface area contributed by atoms with Gasteiger partial charge in [0.2, 0.25) is 11.8 Å². The molecule has 4 rings (SSSR count). The summed E-state index contributed by atoms with van der Waals surface area (Å²) in [6, 6.07) is 15.7. The lowest BCUT2D eigenvalue weighted by atomic mass is 9.67. The summed E-state index contributed by atoms with van der Waals surface area (Å²) in [5.41, 5.74) is 5.43. The number of anilines is 1. The number of para-hydroxylation sites is 1. The van der Waals surface area contributed by atoms with Crippen LogP contribution in [-0.4, -0.2) is 37.6 Å². The highest BCUT2D eigenvalue weighted by molar-refractivity contribution is 6.24. The van der Waals surface area contributed by atoms with Gasteiger partial charge in [-0.15, -0.1) is 6.58 Å². The fourth-order valence-electron chi connectivity index (χ4n) is 4.64. The first-order valence-electron chi connectivity index (χ1n) is 11.3. The normalized spacial score (nSPS) is 18.9. The zero-order valence-corrected chi connectivity index (χ0v) is 19.6. The van der Waals surface area contributed by atoms with E-state index in [2.05, 4.69) is 6.58 Å². The van der Waals surface area contributed by atoms with Gasteiger partial charge in [-0.25, -0.2) is 9.59 Å². The van der Waals surface area contributed by atoms with Crippen LogP contribution in [0.3, 0.4) is 0 Å². The molecule has 2 aliphatic rings. The molecule has 2 aromatic rings. The van der Waals surface area contributed by atoms with Gasteiger partial charge in [0.25, 0.3) is 0 Å². The van der Waals surface area contributed by atoms with Gasteiger partial charge in [-0.3, -0.25) is 4.79 Å². The highest BCUT2D eigenvalue weighted by Crippen LogP contribution is 2.55. The molecule has 0 unspecified atom stereocenters. The van der Waals surface area contributed by atoms with E-state index in [1.54, 1.807) is 74.5 Å². The molecule has 0 saturated heterocycles. The Hall–Kier alpha value is -4.33. The van der Waals surface area contributed by atoms with Crippen LogP contribution in [0.4, 0.5) is 5.69 Å². The molecule has 2 aromatic carbocycles. The summed E-state index contributed by atoms with van der Waals surface area (Å²) in [6.45, 7) is 7.27. The van der Waals surface area contributed by atoms with Crippen LogP contribution in [0.5, 0.6) is 0 Å². The fraction of sp³-hybridized carbons (Fsp3) is 0.222. The van der Waals surface area contributed by atoms with Crippen molar-refractivity contribution in [2.45, 2.75) is 19.3 Å². The van der Waals surface area contributed by atoms with E-state index < -0.39 is 23.3 Å². The van der Waals surface area contributed by atoms with Crippen LogP contribution in [0.15, 0.2) is 84.3 Å². The predicted molar refractivity (Wildman–Crippen MR) is 130 cm³/mol. The lowest BCUT2D eigenvalue weighted by molar-refractivity contribution is -0.143. The molecule has 0 saturated carbocycles. The monoisotopic (exact) mass is 474 g/mol. The molecule has 2 aliphatic heterocycles. The van der Waals surface area contributed by atoms with Crippen molar-refractivity contribution in [3.05, 3.63) is 95.4 Å². The highest BCUT2D eigenvalue weighted by atomic mass is 16.5. The molecule has 0 aromatic heterocycles. The molecule has 1 spiro atoms. The van der Waals surface area contributed by atoms with E-state index >= 15 is 0 Å². The van der Waals surface area contributed by atoms with Crippen molar-refractivity contribution in [3.63, 3.8) is 0 Å². The first kappa shape index (κ1) is 23.8. The van der Waals surface area contributed by atoms with Gasteiger partial charge in [0.1, 0.15) is 22.3 Å². The first-order valence-corrected chi connectivity index (χ1v) is 11.3. The summed E-state index contributed by atoms with van der Waals surface area (Å²) in [5, 5.41) is 0. The summed E-state index contributed by atoms with van der Waals surface area (Å²) in [7, 11) is 0. The van der Waals surface area contributed by atoms with Gasteiger partial charge in [-0.2, -0.15) is 0 Å². The number of hydrogen-bond donors (Lipinski definition) is 1. The van der Waals surface area contributed by atoms with E-state index in [9.17, 15) is 14.4 Å². The Kier molecular flexibility index (Phi) is 6.46. The van der Waals surface area contributed by atoms with Gasteiger partial charge in [0, 0.05) is 23.4 Å². The van der Waals surface area contributed by atoms with Crippen molar-refractivity contribution in [2.24, 2.45) is 5.73 Å². The summed E-state index contributed by atoms with van der Waals surface area (Å²) in [4.78, 5) is 42.8. The molecule has 8 nitrogen and oxygen atoms in total. The molecule has 2 N–H and O–H groups in total. The van der Waals surface area contributed by atoms with E-state index in [-0.39, 0.29) is 42.5 Å². The minimum absolute atomic E-state index is 0.0297. The van der Waals surface area contributed by atoms with Crippen LogP contribution in [-0.2, 0) is 34.0 Å². The molecular formula is C27H26N2O6. The largest absolute Gasteiger partial charge is 0.462 e. The molecule has 0 aliphatic carbocycles. The van der Waals surface area contributed by atoms with Gasteiger partial charge in [0.15, 0.2) is 0 Å². The number of carbonyl (C=O) groups excluding carboxylic acids is 3. The zero-order valence-electron chi connectivity index (χ0n) is 19.6. The van der Waals surface area contributed by atoms with E-state index in [0.29, 0.717) is 16.8 Å². The number of esters is 2. The summed E-state index contributed by atoms with van der Waals surface area (Å²) >= 11 is 0. The number of nitrogens with zero attached hydrogens (tertiary/aromatic N) is 1. The second kappa shape index (κ2) is 9.50. The van der Waals surface area contributed by atoms with Crippen LogP contribution in [0, 0.1) is 0 Å². The van der Waals surface area contributed by atoms with Gasteiger partial charge < -0.3 is 24.8 Å². The number of benzene rings is 2. The maximum atomic E-state index is 14.4. The van der Waals surface area contributed by atoms with Crippen LogP contribution in [0.25, 0.3) is 5.76 Å². The SMILES string of the molecule is C=CCN1C(=O)[C@@]2(C(C(=O)OCC)=C(N)OC(c3ccccc3)=C2C(=O)OCC)c2ccccc21. The molecule has 180 valence electrons. The molecule has 2 heterocycles. The Morgan fingerprint density at radius 1 is 1.00 bits per heavy atom. The third-order valence-electron chi connectivity index (χ3n) is 5.91. The third kappa shape index (κ3) is 3.58. The Labute approximate surface area is 203 Å². The van der Waals surface area contributed by atoms with Crippen molar-refractivity contribution in [1.82, 2.24) is 0 Å². The summed E-state index contributed by atoms with van der Waals surface area (Å²) in [5.74, 6) is -2.49. The van der Waals surface area contributed by atoms with Crippen molar-refractivity contribution in [3.8, 4) is 0 Å². The number of nitrogens with two attached hydrogens (primary N) is 1. The number of amides is 1. The van der Waals surface area contributed by atoms with E-state index in [0.717, 1.165) is 0 Å². The highest BCUT2D eigenvalue weighted by Gasteiger charge is 2.64. The molecule has 1 atom stereocenters. The van der Waals surface area contributed by atoms with Crippen molar-refractivity contribution in [1.29, 1.82) is 0 Å². The van der Waals surface area contributed by atoms with Crippen molar-refractivity contribution >= 4 is 29.3 Å². The summed E-state index contributed by atoms with van der Waals surface area (Å²) in [6.07, 6.45) is 1.57. The quantitative estimate of drug-likeness (QED) is 0.485. The molecule has 0 bridgehead atoms. The van der Waals surface area contributed by atoms with Gasteiger partial charge >= 0.3 is 11.9 Å². The van der Waals surface area contributed by atoms with Crippen LogP contribution >= 0.6 is 0 Å². The van der Waals surface area contributed by atoms with E-state index in [4.69, 9.17) is 19.9 Å². The first-order chi connectivity index (χ1) is 16.9. The number of rotatable bonds is 7. The number of carbonyl (C=O) groups is 3. The molecule has 8 heteroatoms. The minimum Gasteiger partial charge on any atom is -0.462 e. The molecule has 35 heavy (non-hydrogen) atoms. The maximum absolute atomic E-state index is 14.4. The lowest BCUT2D eigenvalue weighted by Crippen LogP contribution is -2.51. The number of hydrogen-bond acceptors (Lipinski definition) is 7. The van der Waals surface area contributed by atoms with E-state index in [1.807, 2.05) is 0 Å². The summed E-state index contributed by atoms with van der Waals surface area (Å²) < 4.78 is 16.6. The average molecular weight is 475 g/mol. The topological polar surface area (TPSA) is 108 Å². The smallest absolute Gasteiger partial charge is 0.341 e. The average Bonchev–Trinajstić information content (AvgIpc) is 3.08. The van der Waals surface area contributed by atoms with Crippen LogP contribution in [0.1, 0.15) is 25.0 Å². The Morgan fingerprint density at radius 2 is 1.60 bits per heavy atom.